The molecule has 0 aliphatic heterocycles. The maximum atomic E-state index is 14.6. The van der Waals surface area contributed by atoms with Crippen LogP contribution < -0.4 is 4.72 Å². The smallest absolute Gasteiger partial charge is 0.430 e. The summed E-state index contributed by atoms with van der Waals surface area (Å²) in [4.78, 5) is 11.7. The third kappa shape index (κ3) is 6.50. The van der Waals surface area contributed by atoms with Crippen molar-refractivity contribution in [3.05, 3.63) is 89.2 Å². The van der Waals surface area contributed by atoms with Crippen molar-refractivity contribution >= 4 is 21.7 Å². The number of halogens is 7. The van der Waals surface area contributed by atoms with E-state index in [-0.39, 0.29) is 35.1 Å². The molecule has 0 saturated heterocycles. The van der Waals surface area contributed by atoms with Crippen molar-refractivity contribution in [3.8, 4) is 11.1 Å². The topological polar surface area (TPSA) is 92.7 Å². The van der Waals surface area contributed by atoms with E-state index in [4.69, 9.17) is 4.74 Å². The lowest BCUT2D eigenvalue weighted by Crippen LogP contribution is -2.53. The van der Waals surface area contributed by atoms with Gasteiger partial charge in [0, 0.05) is 16.8 Å². The molecule has 0 aliphatic carbocycles. The molecular formula is C25H20F7NO5S. The second kappa shape index (κ2) is 10.8. The Morgan fingerprint density at radius 2 is 1.46 bits per heavy atom. The highest BCUT2D eigenvalue weighted by Crippen LogP contribution is 2.50. The van der Waals surface area contributed by atoms with Gasteiger partial charge in [-0.05, 0) is 48.4 Å². The Labute approximate surface area is 218 Å². The van der Waals surface area contributed by atoms with Gasteiger partial charge >= 0.3 is 18.3 Å². The summed E-state index contributed by atoms with van der Waals surface area (Å²) in [5.41, 5.74) is -6.76. The summed E-state index contributed by atoms with van der Waals surface area (Å²) in [7, 11) is -3.95. The third-order valence-electron chi connectivity index (χ3n) is 5.50. The lowest BCUT2D eigenvalue weighted by Gasteiger charge is -2.32. The summed E-state index contributed by atoms with van der Waals surface area (Å²) in [5.74, 6) is -2.50. The number of aliphatic hydroxyl groups is 1. The number of hydrogen-bond donors (Lipinski definition) is 2. The zero-order valence-corrected chi connectivity index (χ0v) is 20.7. The van der Waals surface area contributed by atoms with Crippen molar-refractivity contribution in [3.63, 3.8) is 0 Å². The van der Waals surface area contributed by atoms with Gasteiger partial charge in [-0.3, -0.25) is 4.72 Å². The number of rotatable bonds is 8. The molecule has 2 N–H and O–H groups in total. The van der Waals surface area contributed by atoms with E-state index in [1.54, 1.807) is 6.92 Å². The van der Waals surface area contributed by atoms with Crippen LogP contribution in [0.2, 0.25) is 0 Å². The predicted octanol–water partition coefficient (Wildman–Crippen LogP) is 5.92. The molecular weight excluding hydrogens is 559 g/mol. The Balaban J connectivity index is 1.77. The van der Waals surface area contributed by atoms with E-state index in [2.05, 4.69) is 4.72 Å². The van der Waals surface area contributed by atoms with Crippen LogP contribution >= 0.6 is 0 Å². The second-order valence-corrected chi connectivity index (χ2v) is 9.98. The molecule has 0 bridgehead atoms. The molecule has 0 atom stereocenters. The lowest BCUT2D eigenvalue weighted by atomic mass is 9.90. The van der Waals surface area contributed by atoms with Gasteiger partial charge in [-0.2, -0.15) is 26.3 Å². The van der Waals surface area contributed by atoms with Crippen LogP contribution in [0.1, 0.15) is 28.4 Å². The summed E-state index contributed by atoms with van der Waals surface area (Å²) in [5, 5.41) is 9.45. The number of hydrogen-bond acceptors (Lipinski definition) is 5. The molecule has 3 aromatic carbocycles. The van der Waals surface area contributed by atoms with E-state index >= 15 is 0 Å². The average molecular weight is 579 g/mol. The largest absolute Gasteiger partial charge is 0.462 e. The summed E-state index contributed by atoms with van der Waals surface area (Å²) in [6, 6.07) is 11.4. The third-order valence-corrected chi connectivity index (χ3v) is 6.76. The fourth-order valence-corrected chi connectivity index (χ4v) is 4.77. The number of esters is 1. The van der Waals surface area contributed by atoms with Crippen molar-refractivity contribution in [2.75, 3.05) is 11.3 Å². The lowest BCUT2D eigenvalue weighted by molar-refractivity contribution is -0.376. The van der Waals surface area contributed by atoms with Crippen molar-refractivity contribution in [1.29, 1.82) is 0 Å². The summed E-state index contributed by atoms with van der Waals surface area (Å²) < 4.78 is 125. The number of carbonyl (C=O) groups is 1. The monoisotopic (exact) mass is 579 g/mol. The Morgan fingerprint density at radius 3 is 1.95 bits per heavy atom. The van der Waals surface area contributed by atoms with Gasteiger partial charge < -0.3 is 9.84 Å². The van der Waals surface area contributed by atoms with Gasteiger partial charge in [0.2, 0.25) is 10.0 Å². The van der Waals surface area contributed by atoms with Crippen LogP contribution in [0.25, 0.3) is 11.1 Å². The van der Waals surface area contributed by atoms with Gasteiger partial charge in [-0.25, -0.2) is 17.6 Å². The van der Waals surface area contributed by atoms with Crippen LogP contribution in [-0.2, 0) is 26.1 Å². The van der Waals surface area contributed by atoms with E-state index in [9.17, 15) is 49.1 Å². The number of benzene rings is 3. The molecule has 3 aromatic rings. The standard InChI is InChI=1S/C25H20F7NO5S/c1-2-38-22(34)17-5-3-15(4-6-17)14-39(36,37)33-19-10-7-16(8-11-19)20-12-9-18(13-21(20)26)23(35,24(27,28)29)25(30,31)32/h3-13,33,35H,2,14H2,1H3. The van der Waals surface area contributed by atoms with Crippen molar-refractivity contribution in [2.45, 2.75) is 30.6 Å². The quantitative estimate of drug-likeness (QED) is 0.255. The number of anilines is 1. The number of alkyl halides is 6. The minimum Gasteiger partial charge on any atom is -0.462 e. The number of sulfonamides is 1. The molecule has 0 aliphatic rings. The first-order valence-electron chi connectivity index (χ1n) is 11.0. The zero-order valence-electron chi connectivity index (χ0n) is 19.9. The highest BCUT2D eigenvalue weighted by atomic mass is 32.2. The molecule has 0 saturated carbocycles. The van der Waals surface area contributed by atoms with Crippen LogP contribution in [0.15, 0.2) is 66.7 Å². The fraction of sp³-hybridized carbons (Fsp3) is 0.240. The summed E-state index contributed by atoms with van der Waals surface area (Å²) in [6.07, 6.45) is -12.3. The number of ether oxygens (including phenoxy) is 1. The molecule has 0 radical (unpaired) electrons. The molecule has 0 unspecified atom stereocenters. The van der Waals surface area contributed by atoms with Gasteiger partial charge in [0.25, 0.3) is 5.60 Å². The van der Waals surface area contributed by atoms with Crippen molar-refractivity contribution < 1.29 is 53.8 Å². The fourth-order valence-electron chi connectivity index (χ4n) is 3.57. The first-order chi connectivity index (χ1) is 18.0. The van der Waals surface area contributed by atoms with E-state index in [1.807, 2.05) is 0 Å². The molecule has 0 fully saturated rings. The SMILES string of the molecule is CCOC(=O)c1ccc(CS(=O)(=O)Nc2ccc(-c3ccc(C(O)(C(F)(F)F)C(F)(F)F)cc3F)cc2)cc1. The number of carbonyl (C=O) groups excluding carboxylic acids is 1. The second-order valence-electron chi connectivity index (χ2n) is 8.26. The van der Waals surface area contributed by atoms with Crippen LogP contribution in [-0.4, -0.2) is 38.5 Å². The molecule has 14 heteroatoms. The van der Waals surface area contributed by atoms with Crippen LogP contribution in [0.5, 0.6) is 0 Å². The average Bonchev–Trinajstić information content (AvgIpc) is 2.82. The Hall–Kier alpha value is -3.65. The minimum atomic E-state index is -6.17. The van der Waals surface area contributed by atoms with E-state index < -0.39 is 51.1 Å². The Kier molecular flexibility index (Phi) is 8.32. The highest BCUT2D eigenvalue weighted by Gasteiger charge is 2.71. The molecule has 6 nitrogen and oxygen atoms in total. The van der Waals surface area contributed by atoms with Gasteiger partial charge in [0.1, 0.15) is 5.82 Å². The van der Waals surface area contributed by atoms with Crippen LogP contribution in [0.4, 0.5) is 36.4 Å². The summed E-state index contributed by atoms with van der Waals surface area (Å²) in [6.45, 7) is 1.81. The normalized spacial score (nSPS) is 12.7. The van der Waals surface area contributed by atoms with Gasteiger partial charge in [0.05, 0.1) is 17.9 Å². The maximum Gasteiger partial charge on any atom is 0.430 e. The van der Waals surface area contributed by atoms with Crippen molar-refractivity contribution in [2.24, 2.45) is 0 Å². The predicted molar refractivity (Wildman–Crippen MR) is 126 cm³/mol. The molecule has 3 rings (SSSR count). The Morgan fingerprint density at radius 1 is 0.897 bits per heavy atom. The van der Waals surface area contributed by atoms with Gasteiger partial charge in [-0.15, -0.1) is 0 Å². The van der Waals surface area contributed by atoms with Crippen LogP contribution in [0.3, 0.4) is 0 Å². The van der Waals surface area contributed by atoms with E-state index in [0.29, 0.717) is 17.7 Å². The van der Waals surface area contributed by atoms with E-state index in [0.717, 1.165) is 0 Å². The first kappa shape index (κ1) is 29.9. The van der Waals surface area contributed by atoms with E-state index in [1.165, 1.54) is 48.5 Å². The number of nitrogens with one attached hydrogen (secondary N) is 1. The van der Waals surface area contributed by atoms with Crippen LogP contribution in [0, 0.1) is 5.82 Å². The molecule has 0 spiro atoms. The van der Waals surface area contributed by atoms with Crippen molar-refractivity contribution in [1.82, 2.24) is 0 Å². The molecule has 0 aromatic heterocycles. The zero-order chi connectivity index (χ0) is 29.2. The van der Waals surface area contributed by atoms with Gasteiger partial charge in [0.15, 0.2) is 0 Å². The molecule has 0 amide bonds. The minimum absolute atomic E-state index is 0.0131. The highest BCUT2D eigenvalue weighted by molar-refractivity contribution is 7.91. The Bertz CT molecular complexity index is 1420. The summed E-state index contributed by atoms with van der Waals surface area (Å²) >= 11 is 0. The first-order valence-corrected chi connectivity index (χ1v) is 12.7. The van der Waals surface area contributed by atoms with Gasteiger partial charge in [-0.1, -0.05) is 36.4 Å². The maximum absolute atomic E-state index is 14.6. The molecule has 0 heterocycles. The molecule has 210 valence electrons. The molecule has 39 heavy (non-hydrogen) atoms.